The predicted molar refractivity (Wildman–Crippen MR) is 81.9 cm³/mol. The van der Waals surface area contributed by atoms with E-state index in [1.54, 1.807) is 0 Å². The zero-order chi connectivity index (χ0) is 18.1. The lowest BCUT2D eigenvalue weighted by atomic mass is 10.2. The Kier molecular flexibility index (Phi) is 4.80. The smallest absolute Gasteiger partial charge is 0.293 e. The molecule has 2 heterocycles. The molecule has 0 aliphatic carbocycles. The van der Waals surface area contributed by atoms with Gasteiger partial charge in [0.05, 0.1) is 17.0 Å². The first-order valence-electron chi connectivity index (χ1n) is 7.51. The number of aromatic nitrogens is 3. The van der Waals surface area contributed by atoms with Crippen LogP contribution in [0.25, 0.3) is 0 Å². The van der Waals surface area contributed by atoms with Gasteiger partial charge in [0.15, 0.2) is 0 Å². The van der Waals surface area contributed by atoms with Gasteiger partial charge in [0.2, 0.25) is 10.0 Å². The number of halogens is 3. The Morgan fingerprint density at radius 1 is 1.16 bits per heavy atom. The van der Waals surface area contributed by atoms with Crippen molar-refractivity contribution < 1.29 is 21.6 Å². The maximum Gasteiger partial charge on any atom is 0.416 e. The SMILES string of the molecule is O=S(=O)(c1cccc(C(F)(F)F)c1)N1CCN(Cc2ncn[nH]2)CC1. The molecule has 1 N–H and O–H groups in total. The van der Waals surface area contributed by atoms with Gasteiger partial charge in [-0.1, -0.05) is 6.07 Å². The molecule has 0 amide bonds. The Balaban J connectivity index is 1.70. The first kappa shape index (κ1) is 17.8. The Labute approximate surface area is 142 Å². The van der Waals surface area contributed by atoms with Crippen LogP contribution in [0, 0.1) is 0 Å². The molecule has 2 aromatic rings. The lowest BCUT2D eigenvalue weighted by Crippen LogP contribution is -2.48. The second kappa shape index (κ2) is 6.73. The van der Waals surface area contributed by atoms with Gasteiger partial charge in [-0.15, -0.1) is 0 Å². The molecule has 11 heteroatoms. The van der Waals surface area contributed by atoms with Crippen LogP contribution in [-0.4, -0.2) is 59.0 Å². The minimum absolute atomic E-state index is 0.201. The number of rotatable bonds is 4. The molecule has 136 valence electrons. The van der Waals surface area contributed by atoms with E-state index >= 15 is 0 Å². The number of aromatic amines is 1. The second-order valence-electron chi connectivity index (χ2n) is 5.64. The van der Waals surface area contributed by atoms with Gasteiger partial charge in [0, 0.05) is 26.2 Å². The predicted octanol–water partition coefficient (Wildman–Crippen LogP) is 1.33. The van der Waals surface area contributed by atoms with Crippen molar-refractivity contribution in [2.75, 3.05) is 26.2 Å². The third-order valence-corrected chi connectivity index (χ3v) is 5.86. The number of H-pyrrole nitrogens is 1. The number of nitrogens with zero attached hydrogens (tertiary/aromatic N) is 4. The maximum absolute atomic E-state index is 12.8. The lowest BCUT2D eigenvalue weighted by Gasteiger charge is -2.33. The summed E-state index contributed by atoms with van der Waals surface area (Å²) in [7, 11) is -3.96. The molecule has 1 aromatic heterocycles. The summed E-state index contributed by atoms with van der Waals surface area (Å²) in [5.74, 6) is 0.675. The molecule has 1 aliphatic heterocycles. The highest BCUT2D eigenvalue weighted by Gasteiger charge is 2.34. The molecule has 1 aliphatic rings. The number of alkyl halides is 3. The van der Waals surface area contributed by atoms with Gasteiger partial charge in [-0.3, -0.25) is 10.00 Å². The fourth-order valence-corrected chi connectivity index (χ4v) is 4.10. The van der Waals surface area contributed by atoms with E-state index in [1.165, 1.54) is 16.7 Å². The van der Waals surface area contributed by atoms with Gasteiger partial charge in [0.25, 0.3) is 0 Å². The van der Waals surface area contributed by atoms with E-state index in [2.05, 4.69) is 15.2 Å². The topological polar surface area (TPSA) is 82.2 Å². The van der Waals surface area contributed by atoms with Crippen LogP contribution < -0.4 is 0 Å². The summed E-state index contributed by atoms with van der Waals surface area (Å²) in [5, 5.41) is 6.48. The fraction of sp³-hybridized carbons (Fsp3) is 0.429. The Morgan fingerprint density at radius 3 is 2.48 bits per heavy atom. The van der Waals surface area contributed by atoms with E-state index in [0.717, 1.165) is 12.1 Å². The zero-order valence-electron chi connectivity index (χ0n) is 13.1. The Hall–Kier alpha value is -1.98. The van der Waals surface area contributed by atoms with Crippen LogP contribution in [0.2, 0.25) is 0 Å². The summed E-state index contributed by atoms with van der Waals surface area (Å²) < 4.78 is 64.8. The monoisotopic (exact) mass is 375 g/mol. The molecule has 0 saturated carbocycles. The highest BCUT2D eigenvalue weighted by Crippen LogP contribution is 2.31. The summed E-state index contributed by atoms with van der Waals surface area (Å²) in [4.78, 5) is 5.67. The summed E-state index contributed by atoms with van der Waals surface area (Å²) in [6, 6.07) is 3.83. The van der Waals surface area contributed by atoms with Gasteiger partial charge in [-0.05, 0) is 18.2 Å². The van der Waals surface area contributed by atoms with E-state index in [1.807, 2.05) is 4.90 Å². The molecular weight excluding hydrogens is 359 g/mol. The molecule has 0 unspecified atom stereocenters. The molecule has 0 radical (unpaired) electrons. The van der Waals surface area contributed by atoms with Crippen LogP contribution in [0.1, 0.15) is 11.4 Å². The normalized spacial score (nSPS) is 17.7. The Bertz CT molecular complexity index is 815. The van der Waals surface area contributed by atoms with Gasteiger partial charge in [-0.2, -0.15) is 22.6 Å². The van der Waals surface area contributed by atoms with Crippen LogP contribution in [0.5, 0.6) is 0 Å². The van der Waals surface area contributed by atoms with Crippen molar-refractivity contribution in [3.05, 3.63) is 42.0 Å². The third-order valence-electron chi connectivity index (χ3n) is 3.97. The average molecular weight is 375 g/mol. The number of benzene rings is 1. The van der Waals surface area contributed by atoms with E-state index < -0.39 is 21.8 Å². The van der Waals surface area contributed by atoms with Crippen LogP contribution >= 0.6 is 0 Å². The van der Waals surface area contributed by atoms with Crippen molar-refractivity contribution in [3.8, 4) is 0 Å². The van der Waals surface area contributed by atoms with Crippen molar-refractivity contribution in [1.82, 2.24) is 24.4 Å². The third kappa shape index (κ3) is 3.99. The standard InChI is InChI=1S/C14H16F3N5O2S/c15-14(16,17)11-2-1-3-12(8-11)25(23,24)22-6-4-21(5-7-22)9-13-18-10-19-20-13/h1-3,8,10H,4-7,9H2,(H,18,19,20). The molecule has 0 bridgehead atoms. The van der Waals surface area contributed by atoms with E-state index in [0.29, 0.717) is 31.5 Å². The molecule has 7 nitrogen and oxygen atoms in total. The largest absolute Gasteiger partial charge is 0.416 e. The molecule has 1 aromatic carbocycles. The number of hydrogen-bond donors (Lipinski definition) is 1. The lowest BCUT2D eigenvalue weighted by molar-refractivity contribution is -0.137. The van der Waals surface area contributed by atoms with Crippen LogP contribution in [-0.2, 0) is 22.7 Å². The molecule has 0 spiro atoms. The summed E-state index contributed by atoms with van der Waals surface area (Å²) in [6.45, 7) is 1.83. The van der Waals surface area contributed by atoms with Crippen molar-refractivity contribution >= 4 is 10.0 Å². The first-order valence-corrected chi connectivity index (χ1v) is 8.95. The number of piperazine rings is 1. The first-order chi connectivity index (χ1) is 11.8. The minimum Gasteiger partial charge on any atom is -0.293 e. The molecule has 3 rings (SSSR count). The van der Waals surface area contributed by atoms with E-state index in [9.17, 15) is 21.6 Å². The summed E-state index contributed by atoms with van der Waals surface area (Å²) in [5.41, 5.74) is -0.975. The van der Waals surface area contributed by atoms with Gasteiger partial charge in [0.1, 0.15) is 12.2 Å². The van der Waals surface area contributed by atoms with Crippen molar-refractivity contribution in [1.29, 1.82) is 0 Å². The van der Waals surface area contributed by atoms with Gasteiger partial charge in [-0.25, -0.2) is 13.4 Å². The van der Waals surface area contributed by atoms with Crippen LogP contribution in [0.15, 0.2) is 35.5 Å². The van der Waals surface area contributed by atoms with Crippen LogP contribution in [0.3, 0.4) is 0 Å². The number of sulfonamides is 1. The second-order valence-corrected chi connectivity index (χ2v) is 7.58. The van der Waals surface area contributed by atoms with Crippen molar-refractivity contribution in [3.63, 3.8) is 0 Å². The minimum atomic E-state index is -4.58. The zero-order valence-corrected chi connectivity index (χ0v) is 13.9. The average Bonchev–Trinajstić information content (AvgIpc) is 3.08. The quantitative estimate of drug-likeness (QED) is 0.872. The van der Waals surface area contributed by atoms with Crippen molar-refractivity contribution in [2.24, 2.45) is 0 Å². The van der Waals surface area contributed by atoms with E-state index in [-0.39, 0.29) is 18.0 Å². The highest BCUT2D eigenvalue weighted by molar-refractivity contribution is 7.89. The Morgan fingerprint density at radius 2 is 1.88 bits per heavy atom. The molecule has 1 saturated heterocycles. The van der Waals surface area contributed by atoms with Crippen molar-refractivity contribution in [2.45, 2.75) is 17.6 Å². The number of hydrogen-bond acceptors (Lipinski definition) is 5. The number of nitrogens with one attached hydrogen (secondary N) is 1. The molecule has 25 heavy (non-hydrogen) atoms. The molecule has 0 atom stereocenters. The fourth-order valence-electron chi connectivity index (χ4n) is 2.63. The maximum atomic E-state index is 12.8. The van der Waals surface area contributed by atoms with Gasteiger partial charge >= 0.3 is 6.18 Å². The summed E-state index contributed by atoms with van der Waals surface area (Å²) in [6.07, 6.45) is -3.19. The van der Waals surface area contributed by atoms with E-state index in [4.69, 9.17) is 0 Å². The van der Waals surface area contributed by atoms with Gasteiger partial charge < -0.3 is 0 Å². The van der Waals surface area contributed by atoms with Crippen LogP contribution in [0.4, 0.5) is 13.2 Å². The summed E-state index contributed by atoms with van der Waals surface area (Å²) >= 11 is 0. The molecular formula is C14H16F3N5O2S. The highest BCUT2D eigenvalue weighted by atomic mass is 32.2. The molecule has 1 fully saturated rings.